The third-order valence-electron chi connectivity index (χ3n) is 3.23. The third-order valence-corrected chi connectivity index (χ3v) is 5.08. The van der Waals surface area contributed by atoms with Crippen molar-refractivity contribution in [3.05, 3.63) is 29.8 Å². The van der Waals surface area contributed by atoms with E-state index in [1.54, 1.807) is 18.2 Å². The van der Waals surface area contributed by atoms with Crippen molar-refractivity contribution in [1.29, 1.82) is 0 Å². The van der Waals surface area contributed by atoms with Crippen molar-refractivity contribution < 1.29 is 8.42 Å². The molecule has 1 heterocycles. The monoisotopic (exact) mass is 302 g/mol. The van der Waals surface area contributed by atoms with Gasteiger partial charge in [-0.25, -0.2) is 0 Å². The highest BCUT2D eigenvalue weighted by Crippen LogP contribution is 2.18. The molecule has 1 aliphatic rings. The normalized spacial score (nSPS) is 17.9. The Morgan fingerprint density at radius 2 is 1.84 bits per heavy atom. The van der Waals surface area contributed by atoms with Crippen LogP contribution in [0.5, 0.6) is 0 Å². The summed E-state index contributed by atoms with van der Waals surface area (Å²) in [6, 6.07) is 7.18. The molecule has 1 aliphatic heterocycles. The van der Waals surface area contributed by atoms with Gasteiger partial charge in [-0.3, -0.25) is 4.72 Å². The van der Waals surface area contributed by atoms with Gasteiger partial charge in [0.25, 0.3) is 0 Å². The Hall–Kier alpha value is -0.780. The highest BCUT2D eigenvalue weighted by atomic mass is 35.5. The maximum Gasteiger partial charge on any atom is 0.301 e. The van der Waals surface area contributed by atoms with Gasteiger partial charge in [-0.2, -0.15) is 12.7 Å². The van der Waals surface area contributed by atoms with E-state index in [9.17, 15) is 8.42 Å². The summed E-state index contributed by atoms with van der Waals surface area (Å²) in [5, 5.41) is 0. The molecule has 1 aromatic rings. The predicted molar refractivity (Wildman–Crippen MR) is 78.6 cm³/mol. The van der Waals surface area contributed by atoms with Gasteiger partial charge in [0.2, 0.25) is 0 Å². The summed E-state index contributed by atoms with van der Waals surface area (Å²) in [5.74, 6) is 0.374. The average Bonchev–Trinajstić information content (AvgIpc) is 2.68. The van der Waals surface area contributed by atoms with Crippen molar-refractivity contribution in [2.75, 3.05) is 17.8 Å². The molecule has 0 aromatic heterocycles. The molecule has 0 aliphatic carbocycles. The van der Waals surface area contributed by atoms with Gasteiger partial charge >= 0.3 is 10.2 Å². The molecule has 1 aromatic carbocycles. The zero-order valence-electron chi connectivity index (χ0n) is 10.8. The number of alkyl halides is 1. The predicted octanol–water partition coefficient (Wildman–Crippen LogP) is 2.96. The van der Waals surface area contributed by atoms with Crippen LogP contribution in [-0.4, -0.2) is 25.8 Å². The molecule has 2 rings (SSSR count). The summed E-state index contributed by atoms with van der Waals surface area (Å²) in [4.78, 5) is 0. The van der Waals surface area contributed by atoms with Gasteiger partial charge in [0.05, 0.1) is 5.69 Å². The molecular formula is C13H19ClN2O2S. The summed E-state index contributed by atoms with van der Waals surface area (Å²) in [5.41, 5.74) is 1.47. The Morgan fingerprint density at radius 1 is 1.16 bits per heavy atom. The summed E-state index contributed by atoms with van der Waals surface area (Å²) < 4.78 is 28.7. The molecule has 6 heteroatoms. The fraction of sp³-hybridized carbons (Fsp3) is 0.538. The minimum Gasteiger partial charge on any atom is -0.271 e. The summed E-state index contributed by atoms with van der Waals surface area (Å²) in [6.07, 6.45) is 4.08. The first-order chi connectivity index (χ1) is 9.12. The van der Waals surface area contributed by atoms with Gasteiger partial charge in [0.15, 0.2) is 0 Å². The average molecular weight is 303 g/mol. The molecule has 4 nitrogen and oxygen atoms in total. The van der Waals surface area contributed by atoms with E-state index in [0.717, 1.165) is 31.2 Å². The van der Waals surface area contributed by atoms with Crippen LogP contribution in [0.3, 0.4) is 0 Å². The number of rotatable bonds is 4. The highest BCUT2D eigenvalue weighted by molar-refractivity contribution is 7.90. The molecule has 0 radical (unpaired) electrons. The zero-order chi connectivity index (χ0) is 13.7. The molecule has 0 spiro atoms. The van der Waals surface area contributed by atoms with Crippen LogP contribution >= 0.6 is 11.6 Å². The minimum atomic E-state index is -3.44. The SMILES string of the molecule is O=S(=O)(Nc1cccc(CCl)c1)N1CCCCCC1. The molecule has 0 unspecified atom stereocenters. The van der Waals surface area contributed by atoms with Crippen LogP contribution in [0, 0.1) is 0 Å². The van der Waals surface area contributed by atoms with E-state index in [1.165, 1.54) is 4.31 Å². The Bertz CT molecular complexity index is 511. The van der Waals surface area contributed by atoms with E-state index in [0.29, 0.717) is 24.7 Å². The number of halogens is 1. The van der Waals surface area contributed by atoms with Gasteiger partial charge in [0, 0.05) is 19.0 Å². The molecule has 106 valence electrons. The van der Waals surface area contributed by atoms with Crippen molar-refractivity contribution in [3.8, 4) is 0 Å². The van der Waals surface area contributed by atoms with E-state index in [4.69, 9.17) is 11.6 Å². The highest BCUT2D eigenvalue weighted by Gasteiger charge is 2.22. The molecule has 0 bridgehead atoms. The van der Waals surface area contributed by atoms with Crippen LogP contribution < -0.4 is 4.72 Å². The molecule has 19 heavy (non-hydrogen) atoms. The second-order valence-electron chi connectivity index (χ2n) is 4.75. The second kappa shape index (κ2) is 6.59. The maximum atomic E-state index is 12.3. The van der Waals surface area contributed by atoms with E-state index in [2.05, 4.69) is 4.72 Å². The topological polar surface area (TPSA) is 49.4 Å². The van der Waals surface area contributed by atoms with Crippen LogP contribution in [0.4, 0.5) is 5.69 Å². The molecule has 1 N–H and O–H groups in total. The first-order valence-electron chi connectivity index (χ1n) is 6.54. The van der Waals surface area contributed by atoms with Gasteiger partial charge in [-0.15, -0.1) is 11.6 Å². The number of benzene rings is 1. The standard InChI is InChI=1S/C13H19ClN2O2S/c14-11-12-6-5-7-13(10-12)15-19(17,18)16-8-3-1-2-4-9-16/h5-7,10,15H,1-4,8-9,11H2. The number of nitrogens with one attached hydrogen (secondary N) is 1. The Morgan fingerprint density at radius 3 is 2.47 bits per heavy atom. The smallest absolute Gasteiger partial charge is 0.271 e. The Labute approximate surface area is 119 Å². The lowest BCUT2D eigenvalue weighted by Crippen LogP contribution is -2.36. The lowest BCUT2D eigenvalue weighted by molar-refractivity contribution is 0.427. The fourth-order valence-electron chi connectivity index (χ4n) is 2.21. The minimum absolute atomic E-state index is 0.374. The lowest BCUT2D eigenvalue weighted by atomic mass is 10.2. The largest absolute Gasteiger partial charge is 0.301 e. The second-order valence-corrected chi connectivity index (χ2v) is 6.69. The first kappa shape index (κ1) is 14.6. The summed E-state index contributed by atoms with van der Waals surface area (Å²) in [6.45, 7) is 1.20. The molecule has 0 atom stereocenters. The molecular weight excluding hydrogens is 284 g/mol. The van der Waals surface area contributed by atoms with Crippen molar-refractivity contribution >= 4 is 27.5 Å². The molecule has 0 amide bonds. The van der Waals surface area contributed by atoms with E-state index < -0.39 is 10.2 Å². The van der Waals surface area contributed by atoms with E-state index in [-0.39, 0.29) is 0 Å². The van der Waals surface area contributed by atoms with Crippen LogP contribution in [-0.2, 0) is 16.1 Å². The summed E-state index contributed by atoms with van der Waals surface area (Å²) in [7, 11) is -3.44. The molecule has 1 saturated heterocycles. The van der Waals surface area contributed by atoms with Gasteiger partial charge in [-0.05, 0) is 30.5 Å². The van der Waals surface area contributed by atoms with Crippen molar-refractivity contribution in [2.24, 2.45) is 0 Å². The van der Waals surface area contributed by atoms with E-state index >= 15 is 0 Å². The van der Waals surface area contributed by atoms with Gasteiger partial charge in [0.1, 0.15) is 0 Å². The molecule has 1 fully saturated rings. The number of hydrogen-bond acceptors (Lipinski definition) is 2. The van der Waals surface area contributed by atoms with Crippen molar-refractivity contribution in [1.82, 2.24) is 4.31 Å². The van der Waals surface area contributed by atoms with Crippen LogP contribution in [0.1, 0.15) is 31.2 Å². The third kappa shape index (κ3) is 4.09. The first-order valence-corrected chi connectivity index (χ1v) is 8.52. The summed E-state index contributed by atoms with van der Waals surface area (Å²) >= 11 is 5.75. The van der Waals surface area contributed by atoms with Gasteiger partial charge < -0.3 is 0 Å². The van der Waals surface area contributed by atoms with Crippen LogP contribution in [0.15, 0.2) is 24.3 Å². The van der Waals surface area contributed by atoms with E-state index in [1.807, 2.05) is 6.07 Å². The molecule has 0 saturated carbocycles. The van der Waals surface area contributed by atoms with Gasteiger partial charge in [-0.1, -0.05) is 25.0 Å². The Kier molecular flexibility index (Phi) is 5.07. The lowest BCUT2D eigenvalue weighted by Gasteiger charge is -2.20. The zero-order valence-corrected chi connectivity index (χ0v) is 12.4. The number of nitrogens with zero attached hydrogens (tertiary/aromatic N) is 1. The number of hydrogen-bond donors (Lipinski definition) is 1. The maximum absolute atomic E-state index is 12.3. The number of anilines is 1. The van der Waals surface area contributed by atoms with Crippen LogP contribution in [0.25, 0.3) is 0 Å². The Balaban J connectivity index is 2.10. The van der Waals surface area contributed by atoms with Crippen LogP contribution in [0.2, 0.25) is 0 Å². The van der Waals surface area contributed by atoms with Crippen molar-refractivity contribution in [2.45, 2.75) is 31.6 Å². The quantitative estimate of drug-likeness (QED) is 0.869. The fourth-order valence-corrected chi connectivity index (χ4v) is 3.67. The van der Waals surface area contributed by atoms with Crippen molar-refractivity contribution in [3.63, 3.8) is 0 Å².